The third-order valence-electron chi connectivity index (χ3n) is 7.17. The van der Waals surface area contributed by atoms with Crippen LogP contribution in [0.25, 0.3) is 5.76 Å². The molecule has 0 radical (unpaired) electrons. The van der Waals surface area contributed by atoms with Gasteiger partial charge < -0.3 is 79.9 Å². The maximum Gasteiger partial charge on any atom is 0.305 e. The van der Waals surface area contributed by atoms with Gasteiger partial charge in [-0.15, -0.1) is 0 Å². The number of ether oxygens (including phenoxy) is 5. The minimum atomic E-state index is -1.82. The number of aliphatic hydroxyl groups is 10. The standard InChI is InChI=1S/C26H30O16/c27-6-17-20(35)21(36)24(42-25-22(37)19(34)14(32)7-38-25)26(41-17)40-16-5-10-11(29)3-9(28)4-15(10)39-23(16)8-1-12(30)18(33)13(31)2-8/h1-5,14-15,17,19-22,24-37H,6-7H2/p+1/t14-,15?,17-,19+,20-,21+,22-,24-,25+,26-/m1/s1. The molecule has 0 amide bonds. The molecule has 5 rings (SSSR count). The molecular weight excluding hydrogens is 568 g/mol. The van der Waals surface area contributed by atoms with Crippen molar-refractivity contribution in [2.75, 3.05) is 13.2 Å². The van der Waals surface area contributed by atoms with Gasteiger partial charge in [-0.3, -0.25) is 0 Å². The molecule has 0 bridgehead atoms. The van der Waals surface area contributed by atoms with Crippen LogP contribution in [-0.2, 0) is 18.9 Å². The van der Waals surface area contributed by atoms with Gasteiger partial charge in [0.1, 0.15) is 48.1 Å². The lowest BCUT2D eigenvalue weighted by Crippen LogP contribution is -2.63. The highest BCUT2D eigenvalue weighted by atomic mass is 16.8. The zero-order chi connectivity index (χ0) is 30.5. The molecule has 0 saturated carbocycles. The van der Waals surface area contributed by atoms with Gasteiger partial charge in [0, 0.05) is 24.3 Å². The van der Waals surface area contributed by atoms with Crippen molar-refractivity contribution in [3.05, 3.63) is 58.8 Å². The highest BCUT2D eigenvalue weighted by Crippen LogP contribution is 2.42. The number of hydrogen-bond acceptors (Lipinski definition) is 15. The Hall–Kier alpha value is -3.58. The van der Waals surface area contributed by atoms with Crippen LogP contribution in [-0.4, -0.2) is 136 Å². The highest BCUT2D eigenvalue weighted by molar-refractivity contribution is 5.71. The largest absolute Gasteiger partial charge is 0.571 e. The van der Waals surface area contributed by atoms with Crippen molar-refractivity contribution < 1.29 is 79.9 Å². The first kappa shape index (κ1) is 29.9. The summed E-state index contributed by atoms with van der Waals surface area (Å²) >= 11 is 0. The summed E-state index contributed by atoms with van der Waals surface area (Å²) in [6.07, 6.45) is -12.2. The summed E-state index contributed by atoms with van der Waals surface area (Å²) < 4.78 is 27.0. The van der Waals surface area contributed by atoms with E-state index in [4.69, 9.17) is 18.9 Å². The number of aliphatic hydroxyl groups excluding tert-OH is 8. The molecule has 230 valence electrons. The van der Waals surface area contributed by atoms with Crippen LogP contribution in [0.15, 0.2) is 53.2 Å². The van der Waals surface area contributed by atoms with E-state index >= 15 is 0 Å². The Labute approximate surface area is 236 Å². The lowest BCUT2D eigenvalue weighted by atomic mass is 9.96. The normalized spacial score (nSPS) is 36.8. The van der Waals surface area contributed by atoms with E-state index in [0.717, 1.165) is 18.2 Å². The van der Waals surface area contributed by atoms with Gasteiger partial charge in [0.05, 0.1) is 30.4 Å². The van der Waals surface area contributed by atoms with Crippen LogP contribution in [0.2, 0.25) is 0 Å². The van der Waals surface area contributed by atoms with Gasteiger partial charge in [-0.25, -0.2) is 0 Å². The smallest absolute Gasteiger partial charge is 0.305 e. The van der Waals surface area contributed by atoms with Gasteiger partial charge in [-0.1, -0.05) is 0 Å². The zero-order valence-corrected chi connectivity index (χ0v) is 21.6. The molecule has 1 aliphatic carbocycles. The van der Waals surface area contributed by atoms with E-state index in [-0.39, 0.29) is 34.2 Å². The summed E-state index contributed by atoms with van der Waals surface area (Å²) in [5.74, 6) is -3.26. The zero-order valence-electron chi connectivity index (χ0n) is 21.6. The second-order valence-electron chi connectivity index (χ2n) is 10.0. The fraction of sp³-hybridized carbons (Fsp3) is 0.462. The monoisotopic (exact) mass is 599 g/mol. The topological polar surface area (TPSA) is 272 Å². The van der Waals surface area contributed by atoms with Crippen molar-refractivity contribution >= 4 is 5.76 Å². The number of phenols is 3. The van der Waals surface area contributed by atoms with Crippen molar-refractivity contribution in [2.24, 2.45) is 0 Å². The molecule has 0 aromatic heterocycles. The van der Waals surface area contributed by atoms with Crippen molar-refractivity contribution in [1.82, 2.24) is 0 Å². The summed E-state index contributed by atoms with van der Waals surface area (Å²) in [6.45, 7) is -1.22. The maximum atomic E-state index is 10.9. The fourth-order valence-electron chi connectivity index (χ4n) is 4.88. The summed E-state index contributed by atoms with van der Waals surface area (Å²) in [6, 6.07) is 2.09. The van der Waals surface area contributed by atoms with Crippen molar-refractivity contribution in [1.29, 1.82) is 0 Å². The second-order valence-corrected chi connectivity index (χ2v) is 10.0. The third kappa shape index (κ3) is 5.47. The van der Waals surface area contributed by atoms with E-state index in [2.05, 4.69) is 4.74 Å². The van der Waals surface area contributed by atoms with Gasteiger partial charge in [0.15, 0.2) is 29.6 Å². The minimum absolute atomic E-state index is 0.00857. The second kappa shape index (κ2) is 11.6. The molecule has 1 aromatic rings. The van der Waals surface area contributed by atoms with Gasteiger partial charge >= 0.3 is 5.76 Å². The van der Waals surface area contributed by atoms with Crippen LogP contribution >= 0.6 is 0 Å². The first-order chi connectivity index (χ1) is 19.9. The molecule has 42 heavy (non-hydrogen) atoms. The van der Waals surface area contributed by atoms with Crippen molar-refractivity contribution in [2.45, 2.75) is 61.4 Å². The molecule has 2 saturated heterocycles. The summed E-state index contributed by atoms with van der Waals surface area (Å²) in [4.78, 5) is 0. The molecule has 4 aliphatic rings. The Bertz CT molecular complexity index is 1300. The number of fused-ring (bicyclic) bond motifs is 1. The predicted molar refractivity (Wildman–Crippen MR) is 135 cm³/mol. The molecular formula is C26H31O16+. The third-order valence-corrected chi connectivity index (χ3v) is 7.17. The average Bonchev–Trinajstić information content (AvgIpc) is 2.95. The van der Waals surface area contributed by atoms with E-state index < -0.39 is 91.9 Å². The lowest BCUT2D eigenvalue weighted by Gasteiger charge is -2.44. The first-order valence-corrected chi connectivity index (χ1v) is 12.7. The quantitative estimate of drug-likeness (QED) is 0.119. The minimum Gasteiger partial charge on any atom is -0.571 e. The number of hydrogen-bond donors (Lipinski definition) is 11. The lowest BCUT2D eigenvalue weighted by molar-refractivity contribution is -0.351. The van der Waals surface area contributed by atoms with Crippen molar-refractivity contribution in [3.8, 4) is 17.2 Å². The number of aromatic hydroxyl groups is 3. The molecule has 16 heteroatoms. The van der Waals surface area contributed by atoms with Gasteiger partial charge in [0.2, 0.25) is 18.2 Å². The number of allylic oxidation sites excluding steroid dienone is 2. The number of rotatable bonds is 6. The first-order valence-electron chi connectivity index (χ1n) is 12.7. The van der Waals surface area contributed by atoms with E-state index in [1.54, 1.807) is 0 Å². The van der Waals surface area contributed by atoms with Crippen LogP contribution in [0.5, 0.6) is 17.2 Å². The van der Waals surface area contributed by atoms with Crippen LogP contribution in [0.1, 0.15) is 5.56 Å². The molecule has 3 aliphatic heterocycles. The van der Waals surface area contributed by atoms with Gasteiger partial charge in [-0.05, 0) is 0 Å². The molecule has 3 heterocycles. The Morgan fingerprint density at radius 2 is 1.55 bits per heavy atom. The average molecular weight is 600 g/mol. The molecule has 10 atom stereocenters. The number of benzene rings is 1. The Morgan fingerprint density at radius 3 is 2.21 bits per heavy atom. The molecule has 0 spiro atoms. The molecule has 1 unspecified atom stereocenters. The van der Waals surface area contributed by atoms with Crippen LogP contribution in [0, 0.1) is 0 Å². The van der Waals surface area contributed by atoms with Crippen LogP contribution in [0.3, 0.4) is 0 Å². The van der Waals surface area contributed by atoms with E-state index in [1.807, 2.05) is 0 Å². The Morgan fingerprint density at radius 1 is 0.857 bits per heavy atom. The van der Waals surface area contributed by atoms with Gasteiger partial charge in [0.25, 0.3) is 0 Å². The van der Waals surface area contributed by atoms with Gasteiger partial charge in [-0.2, -0.15) is 0 Å². The maximum absolute atomic E-state index is 10.9. The van der Waals surface area contributed by atoms with E-state index in [1.165, 1.54) is 12.2 Å². The van der Waals surface area contributed by atoms with E-state index in [9.17, 15) is 56.2 Å². The Balaban J connectivity index is 1.55. The molecule has 12 N–H and O–H groups in total. The predicted octanol–water partition coefficient (Wildman–Crippen LogP) is -2.51. The molecule has 16 nitrogen and oxygen atoms in total. The van der Waals surface area contributed by atoms with Crippen LogP contribution in [0.4, 0.5) is 0 Å². The number of phenolic OH excluding ortho intramolecular Hbond substituents is 3. The SMILES string of the molecule is OC[C@H]1O[C@@H](OC2=C(c3cc(O)c(O)c(O)c3)[OH+]C3C=C(O)C=C(O)C3=C2)[C@H](O[C@@H]2OC[C@@H](O)[C@H](O)[C@H]2O)[C@@H](O)[C@@H]1O. The summed E-state index contributed by atoms with van der Waals surface area (Å²) in [5, 5.41) is 112. The summed E-state index contributed by atoms with van der Waals surface area (Å²) in [5.41, 5.74) is 0.125. The van der Waals surface area contributed by atoms with E-state index in [0.29, 0.717) is 0 Å². The van der Waals surface area contributed by atoms with Crippen LogP contribution < -0.4 is 0 Å². The molecule has 1 aromatic carbocycles. The fourth-order valence-corrected chi connectivity index (χ4v) is 4.88. The molecule has 2 fully saturated rings. The summed E-state index contributed by atoms with van der Waals surface area (Å²) in [7, 11) is 0. The van der Waals surface area contributed by atoms with Crippen molar-refractivity contribution in [3.63, 3.8) is 0 Å². The Kier molecular flexibility index (Phi) is 8.26. The highest BCUT2D eigenvalue weighted by Gasteiger charge is 2.50.